The van der Waals surface area contributed by atoms with Crippen molar-refractivity contribution in [2.24, 2.45) is 16.8 Å². The van der Waals surface area contributed by atoms with Gasteiger partial charge in [0.15, 0.2) is 5.84 Å². The van der Waals surface area contributed by atoms with Gasteiger partial charge in [-0.15, -0.1) is 11.3 Å². The Kier molecular flexibility index (Phi) is 4.73. The fraction of sp³-hybridized carbons (Fsp3) is 0.0526. The predicted octanol–water partition coefficient (Wildman–Crippen LogP) is 4.30. The fourth-order valence-corrected chi connectivity index (χ4v) is 3.92. The second kappa shape index (κ2) is 7.22. The number of nitrogens with two attached hydrogens (primary N) is 2. The fourth-order valence-electron chi connectivity index (χ4n) is 3.07. The van der Waals surface area contributed by atoms with Crippen molar-refractivity contribution in [3.05, 3.63) is 65.0 Å². The third kappa shape index (κ3) is 3.55. The minimum absolute atomic E-state index is 0.284. The van der Waals surface area contributed by atoms with Crippen LogP contribution in [0.2, 0.25) is 0 Å². The molecule has 0 aliphatic carbocycles. The molecular formula is C19H15F3N6S. The van der Waals surface area contributed by atoms with Crippen molar-refractivity contribution < 1.29 is 13.2 Å². The topological polar surface area (TPSA) is 101 Å². The molecule has 2 aromatic heterocycles. The van der Waals surface area contributed by atoms with Gasteiger partial charge in [0, 0.05) is 22.0 Å². The van der Waals surface area contributed by atoms with Crippen LogP contribution in [-0.2, 0) is 6.18 Å². The molecular weight excluding hydrogens is 401 g/mol. The average Bonchev–Trinajstić information content (AvgIpc) is 3.19. The molecule has 2 aromatic carbocycles. The zero-order chi connectivity index (χ0) is 20.6. The highest BCUT2D eigenvalue weighted by molar-refractivity contribution is 7.18. The molecule has 0 fully saturated rings. The highest BCUT2D eigenvalue weighted by Crippen LogP contribution is 2.36. The van der Waals surface area contributed by atoms with Gasteiger partial charge in [0.05, 0.1) is 15.8 Å². The van der Waals surface area contributed by atoms with Crippen molar-refractivity contribution in [3.8, 4) is 0 Å². The Hall–Kier alpha value is -3.37. The molecule has 0 spiro atoms. The van der Waals surface area contributed by atoms with E-state index in [0.29, 0.717) is 22.6 Å². The minimum atomic E-state index is -4.42. The van der Waals surface area contributed by atoms with E-state index in [4.69, 9.17) is 11.7 Å². The van der Waals surface area contributed by atoms with Gasteiger partial charge in [-0.2, -0.15) is 18.3 Å². The molecule has 0 radical (unpaired) electrons. The van der Waals surface area contributed by atoms with Gasteiger partial charge >= 0.3 is 6.18 Å². The second-order valence-corrected chi connectivity index (χ2v) is 7.10. The number of nitrogens with zero attached hydrogens (tertiary/aromatic N) is 2. The molecule has 2 heterocycles. The van der Waals surface area contributed by atoms with Crippen LogP contribution in [0.15, 0.2) is 59.0 Å². The summed E-state index contributed by atoms with van der Waals surface area (Å²) in [6.45, 7) is 0. The number of amidine groups is 1. The van der Waals surface area contributed by atoms with Gasteiger partial charge in [-0.1, -0.05) is 18.2 Å². The Morgan fingerprint density at radius 1 is 1.07 bits per heavy atom. The second-order valence-electron chi connectivity index (χ2n) is 6.18. The van der Waals surface area contributed by atoms with E-state index < -0.39 is 11.7 Å². The number of nitrogens with one attached hydrogen (secondary N) is 2. The van der Waals surface area contributed by atoms with Gasteiger partial charge in [-0.05, 0) is 35.7 Å². The number of hydrogen-bond donors (Lipinski definition) is 4. The van der Waals surface area contributed by atoms with Crippen molar-refractivity contribution in [1.82, 2.24) is 10.4 Å². The van der Waals surface area contributed by atoms with Crippen LogP contribution >= 0.6 is 11.3 Å². The van der Waals surface area contributed by atoms with Gasteiger partial charge in [0.2, 0.25) is 0 Å². The van der Waals surface area contributed by atoms with Crippen LogP contribution in [0.25, 0.3) is 21.0 Å². The first-order chi connectivity index (χ1) is 13.9. The van der Waals surface area contributed by atoms with Crippen LogP contribution in [0, 0.1) is 0 Å². The molecule has 0 bridgehead atoms. The normalized spacial score (nSPS) is 12.5. The number of thiophene rings is 1. The number of anilines is 2. The van der Waals surface area contributed by atoms with E-state index in [1.807, 2.05) is 23.6 Å². The summed E-state index contributed by atoms with van der Waals surface area (Å²) in [6.07, 6.45) is -4.42. The quantitative estimate of drug-likeness (QED) is 0.173. The number of hydrogen-bond acceptors (Lipinski definition) is 6. The predicted molar refractivity (Wildman–Crippen MR) is 110 cm³/mol. The van der Waals surface area contributed by atoms with E-state index >= 15 is 0 Å². The van der Waals surface area contributed by atoms with E-state index in [1.54, 1.807) is 12.1 Å². The number of rotatable bonds is 3. The molecule has 6 nitrogen and oxygen atoms in total. The van der Waals surface area contributed by atoms with Crippen LogP contribution < -0.4 is 22.4 Å². The van der Waals surface area contributed by atoms with E-state index in [2.05, 4.69) is 20.8 Å². The number of hydrazone groups is 1. The molecule has 4 aromatic rings. The van der Waals surface area contributed by atoms with Gasteiger partial charge in [-0.3, -0.25) is 0 Å². The third-order valence-electron chi connectivity index (χ3n) is 4.39. The lowest BCUT2D eigenvalue weighted by Gasteiger charge is -2.12. The summed E-state index contributed by atoms with van der Waals surface area (Å²) < 4.78 is 39.9. The Labute approximate surface area is 167 Å². The van der Waals surface area contributed by atoms with Crippen molar-refractivity contribution in [2.75, 3.05) is 5.32 Å². The summed E-state index contributed by atoms with van der Waals surface area (Å²) in [5, 5.41) is 10.4. The largest absolute Gasteiger partial charge is 0.416 e. The van der Waals surface area contributed by atoms with E-state index in [1.165, 1.54) is 17.4 Å². The summed E-state index contributed by atoms with van der Waals surface area (Å²) >= 11 is 1.45. The molecule has 6 N–H and O–H groups in total. The lowest BCUT2D eigenvalue weighted by atomic mass is 10.1. The standard InChI is InChI=1S/C19H15F3N6S/c20-19(21,22)11-2-1-3-12(9-11)25-18-16-14(6-7-29-16)13-5-4-10(8-15(13)26-18)17(27-23)28-24/h1-9H,23-24H2,(H,25,26)(H,27,28). The van der Waals surface area contributed by atoms with E-state index in [-0.39, 0.29) is 5.84 Å². The van der Waals surface area contributed by atoms with Crippen LogP contribution in [0.4, 0.5) is 24.7 Å². The Bertz CT molecular complexity index is 1230. The highest BCUT2D eigenvalue weighted by Gasteiger charge is 2.30. The smallest absolute Gasteiger partial charge is 0.339 e. The zero-order valence-corrected chi connectivity index (χ0v) is 15.6. The number of aromatic nitrogens is 1. The van der Waals surface area contributed by atoms with Crippen LogP contribution in [0.3, 0.4) is 0 Å². The highest BCUT2D eigenvalue weighted by atomic mass is 32.1. The molecule has 148 valence electrons. The van der Waals surface area contributed by atoms with Gasteiger partial charge in [-0.25, -0.2) is 10.8 Å². The molecule has 4 rings (SSSR count). The summed E-state index contributed by atoms with van der Waals surface area (Å²) in [5.41, 5.74) is 3.24. The Morgan fingerprint density at radius 3 is 2.62 bits per heavy atom. The van der Waals surface area contributed by atoms with Crippen molar-refractivity contribution in [2.45, 2.75) is 6.18 Å². The molecule has 0 saturated carbocycles. The maximum atomic E-state index is 13.0. The Balaban J connectivity index is 1.84. The van der Waals surface area contributed by atoms with Crippen molar-refractivity contribution in [1.29, 1.82) is 0 Å². The first-order valence-corrected chi connectivity index (χ1v) is 9.29. The number of fused-ring (bicyclic) bond motifs is 3. The van der Waals surface area contributed by atoms with Crippen molar-refractivity contribution in [3.63, 3.8) is 0 Å². The third-order valence-corrected chi connectivity index (χ3v) is 5.31. The molecule has 0 aliphatic heterocycles. The number of hydrazine groups is 1. The first-order valence-electron chi connectivity index (χ1n) is 8.41. The van der Waals surface area contributed by atoms with Gasteiger partial charge in [0.1, 0.15) is 5.82 Å². The summed E-state index contributed by atoms with van der Waals surface area (Å²) in [7, 11) is 0. The van der Waals surface area contributed by atoms with Crippen molar-refractivity contribution >= 4 is 49.7 Å². The molecule has 0 aliphatic rings. The molecule has 0 amide bonds. The van der Waals surface area contributed by atoms with Gasteiger partial charge in [0.25, 0.3) is 0 Å². The SMILES string of the molecule is N/N=C(\NN)c1ccc2c(c1)nc(Nc1cccc(C(F)(F)F)c1)c1sccc12. The number of alkyl halides is 3. The summed E-state index contributed by atoms with van der Waals surface area (Å²) in [4.78, 5) is 4.63. The Morgan fingerprint density at radius 2 is 1.90 bits per heavy atom. The van der Waals surface area contributed by atoms with Gasteiger partial charge < -0.3 is 16.6 Å². The maximum Gasteiger partial charge on any atom is 0.416 e. The molecule has 10 heteroatoms. The van der Waals surface area contributed by atoms with Crippen LogP contribution in [0.1, 0.15) is 11.1 Å². The number of pyridine rings is 1. The van der Waals surface area contributed by atoms with E-state index in [9.17, 15) is 13.2 Å². The zero-order valence-electron chi connectivity index (χ0n) is 14.8. The monoisotopic (exact) mass is 416 g/mol. The number of halogens is 3. The summed E-state index contributed by atoms with van der Waals surface area (Å²) in [5.74, 6) is 11.5. The maximum absolute atomic E-state index is 13.0. The van der Waals surface area contributed by atoms with Crippen LogP contribution in [0.5, 0.6) is 0 Å². The minimum Gasteiger partial charge on any atom is -0.339 e. The lowest BCUT2D eigenvalue weighted by Crippen LogP contribution is -2.32. The number of benzene rings is 2. The first kappa shape index (κ1) is 19.0. The molecule has 0 unspecified atom stereocenters. The van der Waals surface area contributed by atoms with Crippen LogP contribution in [-0.4, -0.2) is 10.8 Å². The molecule has 29 heavy (non-hydrogen) atoms. The molecule has 0 saturated heterocycles. The lowest BCUT2D eigenvalue weighted by molar-refractivity contribution is -0.137. The average molecular weight is 416 g/mol. The van der Waals surface area contributed by atoms with E-state index in [0.717, 1.165) is 27.6 Å². The summed E-state index contributed by atoms with van der Waals surface area (Å²) in [6, 6.07) is 12.4. The molecule has 0 atom stereocenters.